The fraction of sp³-hybridized carbons (Fsp3) is 0.167. The Bertz CT molecular complexity index is 900. The molecule has 25 heavy (non-hydrogen) atoms. The maximum Gasteiger partial charge on any atom is 0.230 e. The van der Waals surface area contributed by atoms with E-state index in [0.717, 1.165) is 5.56 Å². The molecular weight excluding hydrogens is 334 g/mol. The highest BCUT2D eigenvalue weighted by Gasteiger charge is 2.13. The van der Waals surface area contributed by atoms with E-state index in [1.54, 1.807) is 6.08 Å². The molecule has 7 heteroatoms. The lowest BCUT2D eigenvalue weighted by Crippen LogP contribution is -2.25. The van der Waals surface area contributed by atoms with E-state index < -0.39 is 0 Å². The zero-order valence-electron chi connectivity index (χ0n) is 13.7. The summed E-state index contributed by atoms with van der Waals surface area (Å²) in [7, 11) is 0. The van der Waals surface area contributed by atoms with Gasteiger partial charge in [-0.2, -0.15) is 0 Å². The molecular formula is C18H19N5OS. The van der Waals surface area contributed by atoms with E-state index in [1.165, 1.54) is 27.2 Å². The number of hydrogen-bond acceptors (Lipinski definition) is 5. The van der Waals surface area contributed by atoms with Crippen molar-refractivity contribution >= 4 is 28.4 Å². The molecule has 0 aliphatic rings. The van der Waals surface area contributed by atoms with Gasteiger partial charge < -0.3 is 11.2 Å². The van der Waals surface area contributed by atoms with Crippen LogP contribution in [0.4, 0.5) is 0 Å². The van der Waals surface area contributed by atoms with Crippen LogP contribution < -0.4 is 11.2 Å². The monoisotopic (exact) mass is 353 g/mol. The van der Waals surface area contributed by atoms with Crippen molar-refractivity contribution in [3.63, 3.8) is 0 Å². The van der Waals surface area contributed by atoms with Gasteiger partial charge in [0.05, 0.1) is 5.75 Å². The number of amides is 1. The van der Waals surface area contributed by atoms with Crippen LogP contribution in [0.3, 0.4) is 0 Å². The van der Waals surface area contributed by atoms with Crippen molar-refractivity contribution in [2.24, 2.45) is 0 Å². The van der Waals surface area contributed by atoms with E-state index in [4.69, 9.17) is 5.84 Å². The maximum atomic E-state index is 11.7. The highest BCUT2D eigenvalue weighted by atomic mass is 32.2. The van der Waals surface area contributed by atoms with Crippen molar-refractivity contribution in [2.45, 2.75) is 11.6 Å². The smallest absolute Gasteiger partial charge is 0.230 e. The molecule has 0 atom stereocenters. The first-order valence-corrected chi connectivity index (χ1v) is 8.84. The van der Waals surface area contributed by atoms with Gasteiger partial charge in [0.1, 0.15) is 0 Å². The molecule has 0 bridgehead atoms. The lowest BCUT2D eigenvalue weighted by atomic mass is 10.0. The molecule has 3 rings (SSSR count). The Balaban J connectivity index is 1.73. The highest BCUT2D eigenvalue weighted by molar-refractivity contribution is 7.99. The maximum absolute atomic E-state index is 11.7. The molecule has 0 saturated carbocycles. The minimum atomic E-state index is -0.0940. The zero-order valence-corrected chi connectivity index (χ0v) is 14.5. The number of benzene rings is 2. The van der Waals surface area contributed by atoms with Gasteiger partial charge >= 0.3 is 0 Å². The molecule has 0 aliphatic carbocycles. The van der Waals surface area contributed by atoms with Gasteiger partial charge in [0.15, 0.2) is 5.82 Å². The third-order valence-corrected chi connectivity index (χ3v) is 4.68. The van der Waals surface area contributed by atoms with Crippen LogP contribution in [0.5, 0.6) is 0 Å². The number of fused-ring (bicyclic) bond motifs is 1. The molecule has 0 unspecified atom stereocenters. The first-order chi connectivity index (χ1) is 12.2. The molecule has 0 saturated heterocycles. The van der Waals surface area contributed by atoms with Crippen LogP contribution >= 0.6 is 11.8 Å². The predicted octanol–water partition coefficient (Wildman–Crippen LogP) is 2.13. The molecule has 0 spiro atoms. The fourth-order valence-corrected chi connectivity index (χ4v) is 3.22. The van der Waals surface area contributed by atoms with Gasteiger partial charge in [-0.15, -0.1) is 16.8 Å². The summed E-state index contributed by atoms with van der Waals surface area (Å²) in [5.41, 5.74) is 1.14. The Kier molecular flexibility index (Phi) is 5.35. The van der Waals surface area contributed by atoms with Gasteiger partial charge in [0.25, 0.3) is 0 Å². The van der Waals surface area contributed by atoms with Gasteiger partial charge in [-0.05, 0) is 16.3 Å². The van der Waals surface area contributed by atoms with Crippen molar-refractivity contribution in [1.82, 2.24) is 20.2 Å². The molecule has 1 amide bonds. The van der Waals surface area contributed by atoms with E-state index in [0.29, 0.717) is 23.9 Å². The second-order valence-electron chi connectivity index (χ2n) is 5.47. The summed E-state index contributed by atoms with van der Waals surface area (Å²) in [6.45, 7) is 4.01. The largest absolute Gasteiger partial charge is 0.352 e. The summed E-state index contributed by atoms with van der Waals surface area (Å²) in [4.78, 5) is 11.7. The van der Waals surface area contributed by atoms with E-state index in [9.17, 15) is 4.79 Å². The van der Waals surface area contributed by atoms with Crippen molar-refractivity contribution in [2.75, 3.05) is 18.1 Å². The molecule has 128 valence electrons. The minimum Gasteiger partial charge on any atom is -0.352 e. The van der Waals surface area contributed by atoms with Crippen molar-refractivity contribution in [3.8, 4) is 0 Å². The first kappa shape index (κ1) is 17.0. The first-order valence-electron chi connectivity index (χ1n) is 7.85. The number of carbonyl (C=O) groups excluding carboxylic acids is 1. The zero-order chi connectivity index (χ0) is 17.6. The molecule has 0 radical (unpaired) electrons. The highest BCUT2D eigenvalue weighted by Crippen LogP contribution is 2.22. The van der Waals surface area contributed by atoms with E-state index >= 15 is 0 Å². The minimum absolute atomic E-state index is 0.0940. The van der Waals surface area contributed by atoms with Crippen LogP contribution in [-0.4, -0.2) is 33.1 Å². The Morgan fingerprint density at radius 2 is 2.04 bits per heavy atom. The summed E-state index contributed by atoms with van der Waals surface area (Å²) in [5.74, 6) is 6.90. The van der Waals surface area contributed by atoms with E-state index in [2.05, 4.69) is 46.4 Å². The van der Waals surface area contributed by atoms with Crippen LogP contribution in [0.2, 0.25) is 0 Å². The van der Waals surface area contributed by atoms with Crippen LogP contribution in [-0.2, 0) is 11.2 Å². The molecule has 6 nitrogen and oxygen atoms in total. The second-order valence-corrected chi connectivity index (χ2v) is 6.41. The molecule has 2 aromatic carbocycles. The summed E-state index contributed by atoms with van der Waals surface area (Å²) >= 11 is 1.26. The van der Waals surface area contributed by atoms with Crippen LogP contribution in [0.15, 0.2) is 60.3 Å². The van der Waals surface area contributed by atoms with Gasteiger partial charge in [0.2, 0.25) is 11.1 Å². The SMILES string of the molecule is C=CCNC(=O)CSc1nnc(Cc2cccc3ccccc23)n1N. The number of rotatable bonds is 7. The third-order valence-electron chi connectivity index (χ3n) is 3.74. The summed E-state index contributed by atoms with van der Waals surface area (Å²) in [6, 6.07) is 14.4. The van der Waals surface area contributed by atoms with Crippen LogP contribution in [0, 0.1) is 0 Å². The molecule has 0 aliphatic heterocycles. The molecule has 3 N–H and O–H groups in total. The van der Waals surface area contributed by atoms with Gasteiger partial charge in [-0.3, -0.25) is 4.79 Å². The topological polar surface area (TPSA) is 85.8 Å². The third kappa shape index (κ3) is 4.00. The van der Waals surface area contributed by atoms with Gasteiger partial charge in [-0.1, -0.05) is 60.3 Å². The van der Waals surface area contributed by atoms with Crippen molar-refractivity contribution < 1.29 is 4.79 Å². The lowest BCUT2D eigenvalue weighted by Gasteiger charge is -2.07. The Hall–Kier alpha value is -2.80. The lowest BCUT2D eigenvalue weighted by molar-refractivity contribution is -0.118. The standard InChI is InChI=1S/C18H19N5OS/c1-2-10-20-17(24)12-25-18-22-21-16(23(18)19)11-14-8-5-7-13-6-3-4-9-15(13)14/h2-9H,1,10-12,19H2,(H,20,24). The molecule has 3 aromatic rings. The second kappa shape index (κ2) is 7.85. The van der Waals surface area contributed by atoms with Crippen molar-refractivity contribution in [1.29, 1.82) is 0 Å². The van der Waals surface area contributed by atoms with E-state index in [1.807, 2.05) is 18.2 Å². The number of aromatic nitrogens is 3. The van der Waals surface area contributed by atoms with E-state index in [-0.39, 0.29) is 11.7 Å². The molecule has 0 fully saturated rings. The number of thioether (sulfide) groups is 1. The molecule has 1 heterocycles. The fourth-order valence-electron chi connectivity index (χ4n) is 2.51. The van der Waals surface area contributed by atoms with Crippen molar-refractivity contribution in [3.05, 3.63) is 66.5 Å². The van der Waals surface area contributed by atoms with Crippen LogP contribution in [0.25, 0.3) is 10.8 Å². The number of nitrogen functional groups attached to an aromatic ring is 1. The number of nitrogens with two attached hydrogens (primary N) is 1. The van der Waals surface area contributed by atoms with Gasteiger partial charge in [0, 0.05) is 13.0 Å². The Labute approximate surface area is 150 Å². The Morgan fingerprint density at radius 3 is 2.88 bits per heavy atom. The normalized spacial score (nSPS) is 10.7. The average molecular weight is 353 g/mol. The average Bonchev–Trinajstić information content (AvgIpc) is 2.98. The number of carbonyl (C=O) groups is 1. The number of hydrogen-bond donors (Lipinski definition) is 2. The Morgan fingerprint density at radius 1 is 1.24 bits per heavy atom. The summed E-state index contributed by atoms with van der Waals surface area (Å²) in [5, 5.41) is 13.9. The number of nitrogens with zero attached hydrogens (tertiary/aromatic N) is 3. The quantitative estimate of drug-likeness (QED) is 0.386. The number of nitrogens with one attached hydrogen (secondary N) is 1. The summed E-state index contributed by atoms with van der Waals surface area (Å²) in [6.07, 6.45) is 2.21. The van der Waals surface area contributed by atoms with Crippen LogP contribution in [0.1, 0.15) is 11.4 Å². The van der Waals surface area contributed by atoms with Gasteiger partial charge in [-0.25, -0.2) is 4.68 Å². The summed E-state index contributed by atoms with van der Waals surface area (Å²) < 4.78 is 1.45. The molecule has 1 aromatic heterocycles. The predicted molar refractivity (Wildman–Crippen MR) is 101 cm³/mol.